The molecule has 4 heteroatoms. The molecule has 0 spiro atoms. The maximum absolute atomic E-state index is 12.3. The lowest BCUT2D eigenvalue weighted by molar-refractivity contribution is -0.133. The number of nitrogens with one attached hydrogen (secondary N) is 1. The molecule has 1 N–H and O–H groups in total. The highest BCUT2D eigenvalue weighted by Gasteiger charge is 2.39. The van der Waals surface area contributed by atoms with Gasteiger partial charge in [0, 0.05) is 7.11 Å². The van der Waals surface area contributed by atoms with E-state index in [0.717, 1.165) is 19.3 Å². The van der Waals surface area contributed by atoms with Crippen molar-refractivity contribution in [2.75, 3.05) is 13.7 Å². The zero-order valence-electron chi connectivity index (χ0n) is 11.7. The molecular weight excluding hydrogens is 216 g/mol. The highest BCUT2D eigenvalue weighted by Crippen LogP contribution is 2.21. The van der Waals surface area contributed by atoms with Gasteiger partial charge in [0.25, 0.3) is 0 Å². The van der Waals surface area contributed by atoms with Crippen LogP contribution in [0.4, 0.5) is 0 Å². The van der Waals surface area contributed by atoms with Gasteiger partial charge >= 0.3 is 0 Å². The third kappa shape index (κ3) is 3.42. The van der Waals surface area contributed by atoms with Crippen LogP contribution in [0.5, 0.6) is 0 Å². The predicted octanol–water partition coefficient (Wildman–Crippen LogP) is 1.75. The monoisotopic (exact) mass is 242 g/mol. The first-order valence-electron chi connectivity index (χ1n) is 6.56. The number of carbonyl (C=O) groups excluding carboxylic acids is 1. The van der Waals surface area contributed by atoms with E-state index in [1.54, 1.807) is 7.11 Å². The van der Waals surface area contributed by atoms with Crippen LogP contribution >= 0.6 is 0 Å². The number of amides is 1. The molecule has 1 fully saturated rings. The number of rotatable bonds is 6. The molecule has 1 amide bonds. The summed E-state index contributed by atoms with van der Waals surface area (Å²) in [4.78, 5) is 14.2. The molecule has 0 aromatic carbocycles. The van der Waals surface area contributed by atoms with Gasteiger partial charge in [-0.15, -0.1) is 0 Å². The number of carbonyl (C=O) groups is 1. The molecule has 2 unspecified atom stereocenters. The van der Waals surface area contributed by atoms with Crippen molar-refractivity contribution in [3.63, 3.8) is 0 Å². The molecule has 1 saturated heterocycles. The van der Waals surface area contributed by atoms with E-state index in [1.807, 2.05) is 18.7 Å². The Kier molecular flexibility index (Phi) is 4.95. The maximum atomic E-state index is 12.3. The van der Waals surface area contributed by atoms with Crippen molar-refractivity contribution in [1.29, 1.82) is 0 Å². The van der Waals surface area contributed by atoms with Crippen LogP contribution in [-0.2, 0) is 9.53 Å². The standard InChI is InChI=1S/C13H26N2O2/c1-6-8-10-12(16)15(11(7-2)14-10)9-13(3,4)17-5/h10-11,14H,6-9H2,1-5H3. The first kappa shape index (κ1) is 14.5. The fourth-order valence-electron chi connectivity index (χ4n) is 2.24. The average molecular weight is 242 g/mol. The van der Waals surface area contributed by atoms with E-state index in [4.69, 9.17) is 4.74 Å². The van der Waals surface area contributed by atoms with Crippen LogP contribution in [0.1, 0.15) is 47.0 Å². The van der Waals surface area contributed by atoms with Crippen molar-refractivity contribution < 1.29 is 9.53 Å². The Bertz CT molecular complexity index is 266. The number of nitrogens with zero attached hydrogens (tertiary/aromatic N) is 1. The van der Waals surface area contributed by atoms with E-state index in [-0.39, 0.29) is 23.7 Å². The highest BCUT2D eigenvalue weighted by atomic mass is 16.5. The van der Waals surface area contributed by atoms with Crippen LogP contribution in [0.25, 0.3) is 0 Å². The van der Waals surface area contributed by atoms with Crippen molar-refractivity contribution in [3.8, 4) is 0 Å². The summed E-state index contributed by atoms with van der Waals surface area (Å²) in [6.45, 7) is 8.89. The molecule has 1 heterocycles. The molecule has 0 aromatic heterocycles. The summed E-state index contributed by atoms with van der Waals surface area (Å²) in [5.41, 5.74) is -0.286. The smallest absolute Gasteiger partial charge is 0.241 e. The lowest BCUT2D eigenvalue weighted by Gasteiger charge is -2.32. The van der Waals surface area contributed by atoms with Gasteiger partial charge in [-0.2, -0.15) is 0 Å². The molecule has 1 rings (SSSR count). The van der Waals surface area contributed by atoms with E-state index in [9.17, 15) is 4.79 Å². The van der Waals surface area contributed by atoms with Crippen molar-refractivity contribution in [1.82, 2.24) is 10.2 Å². The third-order valence-electron chi connectivity index (χ3n) is 3.42. The average Bonchev–Trinajstić information content (AvgIpc) is 2.57. The molecule has 100 valence electrons. The maximum Gasteiger partial charge on any atom is 0.241 e. The number of methoxy groups -OCH3 is 1. The predicted molar refractivity (Wildman–Crippen MR) is 68.7 cm³/mol. The van der Waals surface area contributed by atoms with E-state index >= 15 is 0 Å². The Morgan fingerprint density at radius 3 is 2.53 bits per heavy atom. The summed E-state index contributed by atoms with van der Waals surface area (Å²) in [7, 11) is 1.69. The van der Waals surface area contributed by atoms with Gasteiger partial charge in [-0.1, -0.05) is 20.3 Å². The summed E-state index contributed by atoms with van der Waals surface area (Å²) in [6.07, 6.45) is 3.04. The van der Waals surface area contributed by atoms with E-state index in [0.29, 0.717) is 6.54 Å². The van der Waals surface area contributed by atoms with Gasteiger partial charge in [-0.25, -0.2) is 0 Å². The first-order valence-corrected chi connectivity index (χ1v) is 6.56. The second-order valence-corrected chi connectivity index (χ2v) is 5.36. The fraction of sp³-hybridized carbons (Fsp3) is 0.923. The molecule has 0 bridgehead atoms. The van der Waals surface area contributed by atoms with E-state index in [2.05, 4.69) is 19.2 Å². The zero-order chi connectivity index (χ0) is 13.1. The minimum absolute atomic E-state index is 0.00222. The van der Waals surface area contributed by atoms with Crippen LogP contribution in [0.2, 0.25) is 0 Å². The van der Waals surface area contributed by atoms with Gasteiger partial charge < -0.3 is 9.64 Å². The van der Waals surface area contributed by atoms with Gasteiger partial charge in [-0.3, -0.25) is 10.1 Å². The lowest BCUT2D eigenvalue weighted by atomic mass is 10.1. The fourth-order valence-corrected chi connectivity index (χ4v) is 2.24. The van der Waals surface area contributed by atoms with Crippen molar-refractivity contribution in [2.45, 2.75) is 64.8 Å². The topological polar surface area (TPSA) is 41.6 Å². The van der Waals surface area contributed by atoms with Crippen LogP contribution in [0, 0.1) is 0 Å². The second kappa shape index (κ2) is 5.83. The van der Waals surface area contributed by atoms with Crippen molar-refractivity contribution in [3.05, 3.63) is 0 Å². The lowest BCUT2D eigenvalue weighted by Crippen LogP contribution is -2.46. The molecule has 0 aliphatic carbocycles. The highest BCUT2D eigenvalue weighted by molar-refractivity contribution is 5.84. The minimum Gasteiger partial charge on any atom is -0.377 e. The molecular formula is C13H26N2O2. The molecule has 2 atom stereocenters. The summed E-state index contributed by atoms with van der Waals surface area (Å²) >= 11 is 0. The summed E-state index contributed by atoms with van der Waals surface area (Å²) in [5, 5.41) is 3.41. The van der Waals surface area contributed by atoms with E-state index < -0.39 is 0 Å². The first-order chi connectivity index (χ1) is 7.95. The van der Waals surface area contributed by atoms with Crippen molar-refractivity contribution >= 4 is 5.91 Å². The second-order valence-electron chi connectivity index (χ2n) is 5.36. The van der Waals surface area contributed by atoms with Gasteiger partial charge in [-0.05, 0) is 26.7 Å². The summed E-state index contributed by atoms with van der Waals surface area (Å²) in [6, 6.07) is -0.00222. The van der Waals surface area contributed by atoms with Crippen LogP contribution in [-0.4, -0.2) is 42.3 Å². The molecule has 0 saturated carbocycles. The Morgan fingerprint density at radius 2 is 2.06 bits per heavy atom. The van der Waals surface area contributed by atoms with Crippen molar-refractivity contribution in [2.24, 2.45) is 0 Å². The van der Waals surface area contributed by atoms with Gasteiger partial charge in [0.05, 0.1) is 24.4 Å². The molecule has 17 heavy (non-hydrogen) atoms. The molecule has 0 aromatic rings. The Hall–Kier alpha value is -0.610. The van der Waals surface area contributed by atoms with Gasteiger partial charge in [0.1, 0.15) is 0 Å². The largest absolute Gasteiger partial charge is 0.377 e. The van der Waals surface area contributed by atoms with Crippen LogP contribution < -0.4 is 5.32 Å². The molecule has 1 aliphatic rings. The Labute approximate surface area is 105 Å². The molecule has 4 nitrogen and oxygen atoms in total. The molecule has 1 aliphatic heterocycles. The zero-order valence-corrected chi connectivity index (χ0v) is 11.7. The van der Waals surface area contributed by atoms with Crippen LogP contribution in [0.15, 0.2) is 0 Å². The summed E-state index contributed by atoms with van der Waals surface area (Å²) in [5.74, 6) is 0.226. The van der Waals surface area contributed by atoms with Gasteiger partial charge in [0.2, 0.25) is 5.91 Å². The minimum atomic E-state index is -0.286. The third-order valence-corrected chi connectivity index (χ3v) is 3.42. The SMILES string of the molecule is CCCC1NC(CC)N(CC(C)(C)OC)C1=O. The quantitative estimate of drug-likeness (QED) is 0.771. The summed E-state index contributed by atoms with van der Waals surface area (Å²) < 4.78 is 5.41. The molecule has 0 radical (unpaired) electrons. The Morgan fingerprint density at radius 1 is 1.41 bits per heavy atom. The van der Waals surface area contributed by atoms with Gasteiger partial charge in [0.15, 0.2) is 0 Å². The Balaban J connectivity index is 2.72. The number of ether oxygens (including phenoxy) is 1. The number of hydrogen-bond donors (Lipinski definition) is 1. The van der Waals surface area contributed by atoms with Crippen LogP contribution in [0.3, 0.4) is 0 Å². The van der Waals surface area contributed by atoms with E-state index in [1.165, 1.54) is 0 Å². The normalized spacial score (nSPS) is 25.7. The number of hydrogen-bond acceptors (Lipinski definition) is 3.